The van der Waals surface area contributed by atoms with Crippen LogP contribution in [-0.2, 0) is 0 Å². The molecule has 2 nitrogen and oxygen atoms in total. The van der Waals surface area contributed by atoms with Crippen LogP contribution in [0.5, 0.6) is 0 Å². The summed E-state index contributed by atoms with van der Waals surface area (Å²) in [5.41, 5.74) is 11.4. The molecule has 2 bridgehead atoms. The first kappa shape index (κ1) is 19.1. The standard InChI is InChI=1S/C28H30N2/c1-6-7-8-9-18(3)28-29-25-15-23-21-10-11-22(14-21)24(23)16-26(25)30(28)27-19(4)12-17(2)13-20(27)5/h6-9,12-13,15-16,21-22H,3,10-11,14H2,1-2,4-5H3/b7-6-,9-8-. The second kappa shape index (κ2) is 7.12. The minimum atomic E-state index is 0.735. The Balaban J connectivity index is 1.79. The second-order valence-electron chi connectivity index (χ2n) is 9.11. The monoisotopic (exact) mass is 394 g/mol. The lowest BCUT2D eigenvalue weighted by Crippen LogP contribution is -2.05. The minimum absolute atomic E-state index is 0.735. The van der Waals surface area contributed by atoms with Crippen molar-refractivity contribution in [1.82, 2.24) is 9.55 Å². The van der Waals surface area contributed by atoms with Gasteiger partial charge in [0.15, 0.2) is 0 Å². The zero-order valence-corrected chi connectivity index (χ0v) is 18.5. The van der Waals surface area contributed by atoms with Gasteiger partial charge in [-0.25, -0.2) is 4.98 Å². The number of hydrogen-bond donors (Lipinski definition) is 0. The molecule has 2 aromatic carbocycles. The van der Waals surface area contributed by atoms with Gasteiger partial charge in [0.25, 0.3) is 0 Å². The summed E-state index contributed by atoms with van der Waals surface area (Å²) in [6.45, 7) is 13.0. The Morgan fingerprint density at radius 3 is 2.33 bits per heavy atom. The second-order valence-corrected chi connectivity index (χ2v) is 9.11. The predicted molar refractivity (Wildman–Crippen MR) is 128 cm³/mol. The van der Waals surface area contributed by atoms with E-state index in [9.17, 15) is 0 Å². The van der Waals surface area contributed by atoms with E-state index in [1.807, 2.05) is 25.2 Å². The van der Waals surface area contributed by atoms with E-state index >= 15 is 0 Å². The van der Waals surface area contributed by atoms with Gasteiger partial charge in [-0.1, -0.05) is 48.6 Å². The minimum Gasteiger partial charge on any atom is -0.292 e. The fourth-order valence-corrected chi connectivity index (χ4v) is 5.73. The van der Waals surface area contributed by atoms with Gasteiger partial charge in [0.1, 0.15) is 5.82 Å². The molecule has 0 aliphatic heterocycles. The molecular weight excluding hydrogens is 364 g/mol. The van der Waals surface area contributed by atoms with E-state index in [-0.39, 0.29) is 0 Å². The molecule has 0 radical (unpaired) electrons. The van der Waals surface area contributed by atoms with Crippen molar-refractivity contribution in [1.29, 1.82) is 0 Å². The van der Waals surface area contributed by atoms with Crippen LogP contribution in [0.3, 0.4) is 0 Å². The van der Waals surface area contributed by atoms with Crippen LogP contribution in [0.4, 0.5) is 0 Å². The Morgan fingerprint density at radius 1 is 1.00 bits per heavy atom. The molecule has 0 amide bonds. The molecule has 1 saturated carbocycles. The van der Waals surface area contributed by atoms with Gasteiger partial charge in [-0.15, -0.1) is 0 Å². The zero-order chi connectivity index (χ0) is 21.0. The number of nitrogens with zero attached hydrogens (tertiary/aromatic N) is 2. The average molecular weight is 395 g/mol. The molecular formula is C28H30N2. The van der Waals surface area contributed by atoms with Crippen LogP contribution in [0.1, 0.15) is 71.7 Å². The van der Waals surface area contributed by atoms with Gasteiger partial charge in [0.2, 0.25) is 0 Å². The smallest absolute Gasteiger partial charge is 0.145 e. The molecule has 0 spiro atoms. The van der Waals surface area contributed by atoms with Gasteiger partial charge >= 0.3 is 0 Å². The number of allylic oxidation sites excluding steroid dienone is 5. The maximum absolute atomic E-state index is 5.12. The third-order valence-electron chi connectivity index (χ3n) is 6.92. The number of imidazole rings is 1. The van der Waals surface area contributed by atoms with Gasteiger partial charge in [0.05, 0.1) is 16.7 Å². The van der Waals surface area contributed by atoms with Crippen LogP contribution < -0.4 is 0 Å². The molecule has 2 heteroatoms. The van der Waals surface area contributed by atoms with Crippen molar-refractivity contribution in [3.63, 3.8) is 0 Å². The van der Waals surface area contributed by atoms with E-state index in [0.29, 0.717) is 0 Å². The van der Waals surface area contributed by atoms with Gasteiger partial charge in [-0.3, -0.25) is 4.57 Å². The fraction of sp³-hybridized carbons (Fsp3) is 0.321. The molecule has 1 aromatic heterocycles. The number of rotatable bonds is 4. The van der Waals surface area contributed by atoms with E-state index < -0.39 is 0 Å². The number of fused-ring (bicyclic) bond motifs is 6. The summed E-state index contributed by atoms with van der Waals surface area (Å²) in [5, 5.41) is 0. The summed E-state index contributed by atoms with van der Waals surface area (Å²) in [7, 11) is 0. The van der Waals surface area contributed by atoms with Crippen molar-refractivity contribution in [2.45, 2.75) is 58.8 Å². The van der Waals surface area contributed by atoms with E-state index in [1.54, 1.807) is 11.1 Å². The lowest BCUT2D eigenvalue weighted by atomic mass is 9.91. The largest absolute Gasteiger partial charge is 0.292 e. The van der Waals surface area contributed by atoms with Crippen LogP contribution in [0.25, 0.3) is 22.3 Å². The van der Waals surface area contributed by atoms with Crippen molar-refractivity contribution in [3.8, 4) is 5.69 Å². The number of aromatic nitrogens is 2. The highest BCUT2D eigenvalue weighted by molar-refractivity contribution is 5.86. The first-order chi connectivity index (χ1) is 14.5. The molecule has 1 heterocycles. The van der Waals surface area contributed by atoms with Crippen molar-refractivity contribution in [3.05, 3.63) is 88.8 Å². The quantitative estimate of drug-likeness (QED) is 0.420. The number of aryl methyl sites for hydroxylation is 3. The Kier molecular flexibility index (Phi) is 4.54. The summed E-state index contributed by atoms with van der Waals surface area (Å²) in [4.78, 5) is 5.12. The third-order valence-corrected chi connectivity index (χ3v) is 6.92. The number of benzene rings is 2. The Bertz CT molecular complexity index is 1210. The molecule has 0 N–H and O–H groups in total. The first-order valence-corrected chi connectivity index (χ1v) is 11.1. The Morgan fingerprint density at radius 2 is 1.67 bits per heavy atom. The number of hydrogen-bond acceptors (Lipinski definition) is 1. The lowest BCUT2D eigenvalue weighted by Gasteiger charge is -2.18. The maximum Gasteiger partial charge on any atom is 0.145 e. The van der Waals surface area contributed by atoms with Crippen LogP contribution in [0.2, 0.25) is 0 Å². The van der Waals surface area contributed by atoms with Crippen molar-refractivity contribution < 1.29 is 0 Å². The van der Waals surface area contributed by atoms with Crippen LogP contribution in [-0.4, -0.2) is 9.55 Å². The summed E-state index contributed by atoms with van der Waals surface area (Å²) in [5.74, 6) is 2.42. The van der Waals surface area contributed by atoms with Crippen molar-refractivity contribution >= 4 is 16.6 Å². The Hall–Kier alpha value is -2.87. The molecule has 152 valence electrons. The van der Waals surface area contributed by atoms with Gasteiger partial charge in [0, 0.05) is 5.57 Å². The third kappa shape index (κ3) is 2.89. The molecule has 2 atom stereocenters. The Labute approximate surface area is 179 Å². The van der Waals surface area contributed by atoms with Crippen LogP contribution >= 0.6 is 0 Å². The van der Waals surface area contributed by atoms with E-state index in [1.165, 1.54) is 47.2 Å². The summed E-state index contributed by atoms with van der Waals surface area (Å²) >= 11 is 0. The van der Waals surface area contributed by atoms with Crippen LogP contribution in [0.15, 0.2) is 55.1 Å². The molecule has 2 unspecified atom stereocenters. The van der Waals surface area contributed by atoms with E-state index in [0.717, 1.165) is 28.8 Å². The molecule has 5 rings (SSSR count). The molecule has 30 heavy (non-hydrogen) atoms. The predicted octanol–water partition coefficient (Wildman–Crippen LogP) is 7.46. The van der Waals surface area contributed by atoms with Crippen LogP contribution in [0, 0.1) is 20.8 Å². The molecule has 2 aliphatic carbocycles. The highest BCUT2D eigenvalue weighted by atomic mass is 15.1. The fourth-order valence-electron chi connectivity index (χ4n) is 5.73. The van der Waals surface area contributed by atoms with Crippen molar-refractivity contribution in [2.24, 2.45) is 0 Å². The normalized spacial score (nSPS) is 20.1. The summed E-state index contributed by atoms with van der Waals surface area (Å²) < 4.78 is 2.36. The van der Waals surface area contributed by atoms with Gasteiger partial charge in [-0.05, 0) is 93.2 Å². The van der Waals surface area contributed by atoms with E-state index in [2.05, 4.69) is 62.3 Å². The van der Waals surface area contributed by atoms with Gasteiger partial charge in [-0.2, -0.15) is 0 Å². The highest BCUT2D eigenvalue weighted by Gasteiger charge is 2.37. The van der Waals surface area contributed by atoms with E-state index in [4.69, 9.17) is 4.98 Å². The maximum atomic E-state index is 5.12. The topological polar surface area (TPSA) is 17.8 Å². The molecule has 2 aliphatic rings. The lowest BCUT2D eigenvalue weighted by molar-refractivity contribution is 0.718. The first-order valence-electron chi connectivity index (χ1n) is 11.1. The average Bonchev–Trinajstić information content (AvgIpc) is 3.40. The zero-order valence-electron chi connectivity index (χ0n) is 18.5. The molecule has 0 saturated heterocycles. The molecule has 1 fully saturated rings. The summed E-state index contributed by atoms with van der Waals surface area (Å²) in [6, 6.07) is 9.35. The highest BCUT2D eigenvalue weighted by Crippen LogP contribution is 2.54. The van der Waals surface area contributed by atoms with Gasteiger partial charge < -0.3 is 0 Å². The van der Waals surface area contributed by atoms with Crippen molar-refractivity contribution in [2.75, 3.05) is 0 Å². The SMILES string of the molecule is C=C(/C=C\C=C/C)c1nc2cc3c(cc2n1-c1c(C)cc(C)cc1C)C1CCC3C1. The summed E-state index contributed by atoms with van der Waals surface area (Å²) in [6.07, 6.45) is 12.2. The molecule has 3 aromatic rings.